The number of rotatable bonds is 3. The third kappa shape index (κ3) is 2.64. The summed E-state index contributed by atoms with van der Waals surface area (Å²) in [5.74, 6) is -0.174. The van der Waals surface area contributed by atoms with Gasteiger partial charge in [-0.3, -0.25) is 0 Å². The minimum absolute atomic E-state index is 0.174. The molecule has 1 N–H and O–H groups in total. The van der Waals surface area contributed by atoms with Crippen LogP contribution in [0.3, 0.4) is 0 Å². The molecule has 1 aromatic heterocycles. The first-order chi connectivity index (χ1) is 8.08. The maximum atomic E-state index is 13.3. The number of hydrogen-bond acceptors (Lipinski definition) is 3. The molecule has 0 atom stereocenters. The highest BCUT2D eigenvalue weighted by Gasteiger charge is 2.06. The van der Waals surface area contributed by atoms with Crippen LogP contribution in [-0.4, -0.2) is 4.98 Å². The van der Waals surface area contributed by atoms with Crippen molar-refractivity contribution in [1.82, 2.24) is 4.98 Å². The Morgan fingerprint density at radius 3 is 2.71 bits per heavy atom. The summed E-state index contributed by atoms with van der Waals surface area (Å²) in [4.78, 5) is 5.57. The van der Waals surface area contributed by atoms with Crippen LogP contribution in [0.15, 0.2) is 18.2 Å². The summed E-state index contributed by atoms with van der Waals surface area (Å²) in [5.41, 5.74) is 2.55. The quantitative estimate of drug-likeness (QED) is 0.895. The van der Waals surface area contributed by atoms with Crippen LogP contribution in [0, 0.1) is 26.6 Å². The second-order valence-corrected chi connectivity index (χ2v) is 5.30. The second kappa shape index (κ2) is 4.84. The van der Waals surface area contributed by atoms with Crippen molar-refractivity contribution in [3.05, 3.63) is 45.2 Å². The van der Waals surface area contributed by atoms with Crippen molar-refractivity contribution >= 4 is 17.0 Å². The molecule has 0 unspecified atom stereocenters. The molecule has 0 fully saturated rings. The molecule has 90 valence electrons. The minimum Gasteiger partial charge on any atom is -0.380 e. The number of nitrogens with zero attached hydrogens (tertiary/aromatic N) is 1. The van der Waals surface area contributed by atoms with Gasteiger partial charge in [0.25, 0.3) is 0 Å². The Hall–Kier alpha value is -1.42. The maximum Gasteiger partial charge on any atom is 0.128 e. The zero-order valence-corrected chi connectivity index (χ0v) is 11.0. The van der Waals surface area contributed by atoms with Crippen molar-refractivity contribution in [3.8, 4) is 0 Å². The fraction of sp³-hybridized carbons (Fsp3) is 0.308. The summed E-state index contributed by atoms with van der Waals surface area (Å²) >= 11 is 1.68. The molecule has 4 heteroatoms. The molecule has 0 aliphatic carbocycles. The molecule has 0 saturated carbocycles. The number of hydrogen-bond donors (Lipinski definition) is 1. The lowest BCUT2D eigenvalue weighted by molar-refractivity contribution is 0.619. The van der Waals surface area contributed by atoms with E-state index in [4.69, 9.17) is 0 Å². The lowest BCUT2D eigenvalue weighted by atomic mass is 10.2. The fourth-order valence-corrected chi connectivity index (χ4v) is 2.59. The molecule has 0 amide bonds. The molecule has 1 aromatic carbocycles. The zero-order valence-electron chi connectivity index (χ0n) is 10.2. The van der Waals surface area contributed by atoms with E-state index >= 15 is 0 Å². The van der Waals surface area contributed by atoms with E-state index in [9.17, 15) is 4.39 Å². The first-order valence-electron chi connectivity index (χ1n) is 5.50. The van der Waals surface area contributed by atoms with E-state index in [1.54, 1.807) is 24.3 Å². The third-order valence-electron chi connectivity index (χ3n) is 2.71. The van der Waals surface area contributed by atoms with Gasteiger partial charge in [0.1, 0.15) is 5.82 Å². The average Bonchev–Trinajstić information content (AvgIpc) is 2.60. The topological polar surface area (TPSA) is 24.9 Å². The molecule has 0 radical (unpaired) electrons. The molecule has 17 heavy (non-hydrogen) atoms. The van der Waals surface area contributed by atoms with Crippen LogP contribution in [0.1, 0.15) is 21.1 Å². The molecule has 2 rings (SSSR count). The SMILES string of the molecule is Cc1nc(C)c(CNc2cccc(F)c2C)s1. The number of thiazole rings is 1. The van der Waals surface area contributed by atoms with Gasteiger partial charge < -0.3 is 5.32 Å². The van der Waals surface area contributed by atoms with Gasteiger partial charge in [-0.25, -0.2) is 9.37 Å². The van der Waals surface area contributed by atoms with Crippen LogP contribution in [0.4, 0.5) is 10.1 Å². The predicted octanol–water partition coefficient (Wildman–Crippen LogP) is 3.82. The van der Waals surface area contributed by atoms with Crippen molar-refractivity contribution in [3.63, 3.8) is 0 Å². The van der Waals surface area contributed by atoms with Crippen molar-refractivity contribution in [2.45, 2.75) is 27.3 Å². The first-order valence-corrected chi connectivity index (χ1v) is 6.31. The molecule has 2 nitrogen and oxygen atoms in total. The van der Waals surface area contributed by atoms with E-state index in [1.807, 2.05) is 19.9 Å². The highest BCUT2D eigenvalue weighted by molar-refractivity contribution is 7.11. The Kier molecular flexibility index (Phi) is 3.43. The van der Waals surface area contributed by atoms with Crippen molar-refractivity contribution < 1.29 is 4.39 Å². The van der Waals surface area contributed by atoms with Crippen molar-refractivity contribution in [2.75, 3.05) is 5.32 Å². The Morgan fingerprint density at radius 1 is 1.29 bits per heavy atom. The smallest absolute Gasteiger partial charge is 0.128 e. The molecular weight excluding hydrogens is 235 g/mol. The minimum atomic E-state index is -0.174. The van der Waals surface area contributed by atoms with Gasteiger partial charge >= 0.3 is 0 Å². The van der Waals surface area contributed by atoms with Crippen LogP contribution < -0.4 is 5.32 Å². The number of aryl methyl sites for hydroxylation is 2. The number of anilines is 1. The van der Waals surface area contributed by atoms with Gasteiger partial charge in [0.05, 0.1) is 17.2 Å². The van der Waals surface area contributed by atoms with Gasteiger partial charge in [-0.15, -0.1) is 11.3 Å². The monoisotopic (exact) mass is 250 g/mol. The zero-order chi connectivity index (χ0) is 12.4. The first kappa shape index (κ1) is 12.0. The third-order valence-corrected chi connectivity index (χ3v) is 3.78. The molecule has 0 spiro atoms. The summed E-state index contributed by atoms with van der Waals surface area (Å²) < 4.78 is 13.3. The maximum absolute atomic E-state index is 13.3. The Labute approximate surface area is 105 Å². The van der Waals surface area contributed by atoms with E-state index in [0.717, 1.165) is 16.4 Å². The lowest BCUT2D eigenvalue weighted by Crippen LogP contribution is -2.01. The van der Waals surface area contributed by atoms with Crippen molar-refractivity contribution in [2.24, 2.45) is 0 Å². The summed E-state index contributed by atoms with van der Waals surface area (Å²) in [7, 11) is 0. The Morgan fingerprint density at radius 2 is 2.06 bits per heavy atom. The highest BCUT2D eigenvalue weighted by atomic mass is 32.1. The van der Waals surface area contributed by atoms with Crippen LogP contribution in [0.5, 0.6) is 0 Å². The van der Waals surface area contributed by atoms with E-state index < -0.39 is 0 Å². The van der Waals surface area contributed by atoms with Gasteiger partial charge in [0, 0.05) is 16.1 Å². The van der Waals surface area contributed by atoms with E-state index in [2.05, 4.69) is 10.3 Å². The van der Waals surface area contributed by atoms with Crippen molar-refractivity contribution in [1.29, 1.82) is 0 Å². The molecule has 2 aromatic rings. The van der Waals surface area contributed by atoms with Gasteiger partial charge in [-0.05, 0) is 32.9 Å². The number of halogens is 1. The highest BCUT2D eigenvalue weighted by Crippen LogP contribution is 2.21. The summed E-state index contributed by atoms with van der Waals surface area (Å²) in [6.45, 7) is 6.47. The largest absolute Gasteiger partial charge is 0.380 e. The second-order valence-electron chi connectivity index (χ2n) is 4.01. The predicted molar refractivity (Wildman–Crippen MR) is 70.1 cm³/mol. The number of aromatic nitrogens is 1. The van der Waals surface area contributed by atoms with Gasteiger partial charge in [0.2, 0.25) is 0 Å². The molecule has 0 aliphatic heterocycles. The molecule has 1 heterocycles. The molecular formula is C13H15FN2S. The summed E-state index contributed by atoms with van der Waals surface area (Å²) in [6, 6.07) is 5.08. The lowest BCUT2D eigenvalue weighted by Gasteiger charge is -2.09. The normalized spacial score (nSPS) is 10.6. The van der Waals surface area contributed by atoms with E-state index in [0.29, 0.717) is 12.1 Å². The average molecular weight is 250 g/mol. The van der Waals surface area contributed by atoms with Crippen LogP contribution >= 0.6 is 11.3 Å². The molecule has 0 saturated heterocycles. The summed E-state index contributed by atoms with van der Waals surface area (Å²) in [6.07, 6.45) is 0. The standard InChI is InChI=1S/C13H15FN2S/c1-8-11(14)5-4-6-12(8)15-7-13-9(2)16-10(3)17-13/h4-6,15H,7H2,1-3H3. The van der Waals surface area contributed by atoms with Gasteiger partial charge in [-0.1, -0.05) is 6.07 Å². The Balaban J connectivity index is 2.12. The van der Waals surface area contributed by atoms with Gasteiger partial charge in [0.15, 0.2) is 0 Å². The Bertz CT molecular complexity index is 534. The van der Waals surface area contributed by atoms with E-state index in [-0.39, 0.29) is 5.82 Å². The molecule has 0 aliphatic rings. The van der Waals surface area contributed by atoms with Crippen LogP contribution in [0.2, 0.25) is 0 Å². The number of benzene rings is 1. The number of nitrogens with one attached hydrogen (secondary N) is 1. The van der Waals surface area contributed by atoms with Crippen LogP contribution in [0.25, 0.3) is 0 Å². The summed E-state index contributed by atoms with van der Waals surface area (Å²) in [5, 5.41) is 4.32. The molecule has 0 bridgehead atoms. The van der Waals surface area contributed by atoms with E-state index in [1.165, 1.54) is 10.9 Å². The van der Waals surface area contributed by atoms with Crippen LogP contribution in [-0.2, 0) is 6.54 Å². The van der Waals surface area contributed by atoms with Gasteiger partial charge in [-0.2, -0.15) is 0 Å². The fourth-order valence-electron chi connectivity index (χ4n) is 1.71.